The van der Waals surface area contributed by atoms with Crippen molar-refractivity contribution < 1.29 is 4.74 Å². The number of ether oxygens (including phenoxy) is 1. The first-order chi connectivity index (χ1) is 9.83. The lowest BCUT2D eigenvalue weighted by molar-refractivity contribution is 0.356. The van der Waals surface area contributed by atoms with Crippen molar-refractivity contribution in [3.63, 3.8) is 0 Å². The third-order valence-electron chi connectivity index (χ3n) is 5.03. The van der Waals surface area contributed by atoms with E-state index in [1.165, 1.54) is 49.7 Å². The monoisotopic (exact) mass is 273 g/mol. The Bertz CT molecular complexity index is 435. The van der Waals surface area contributed by atoms with Gasteiger partial charge in [-0.1, -0.05) is 37.8 Å². The minimum atomic E-state index is 0.387. The van der Waals surface area contributed by atoms with Crippen molar-refractivity contribution >= 4 is 0 Å². The zero-order valence-corrected chi connectivity index (χ0v) is 12.4. The van der Waals surface area contributed by atoms with Gasteiger partial charge in [0.1, 0.15) is 5.75 Å². The Morgan fingerprint density at radius 3 is 2.75 bits per heavy atom. The Labute approximate surface area is 122 Å². The van der Waals surface area contributed by atoms with Gasteiger partial charge in [-0.15, -0.1) is 0 Å². The molecular formula is C18H27NO. The molecule has 1 aromatic carbocycles. The Morgan fingerprint density at radius 2 is 1.95 bits per heavy atom. The van der Waals surface area contributed by atoms with E-state index in [1.54, 1.807) is 0 Å². The van der Waals surface area contributed by atoms with Gasteiger partial charge in [0.05, 0.1) is 6.61 Å². The van der Waals surface area contributed by atoms with E-state index < -0.39 is 0 Å². The average Bonchev–Trinajstić information content (AvgIpc) is 2.76. The molecule has 1 heterocycles. The first kappa shape index (κ1) is 13.9. The standard InChI is InChI=1S/C18H27NO/c19-17(15-5-3-1-2-4-6-15)9-7-14-8-10-18-16(13-14)11-12-20-18/h8,10,13,15,17H,1-7,9,11-12,19H2. The van der Waals surface area contributed by atoms with E-state index in [4.69, 9.17) is 10.5 Å². The highest BCUT2D eigenvalue weighted by Gasteiger charge is 2.19. The van der Waals surface area contributed by atoms with Crippen LogP contribution in [-0.2, 0) is 12.8 Å². The minimum Gasteiger partial charge on any atom is -0.493 e. The molecule has 2 nitrogen and oxygen atoms in total. The summed E-state index contributed by atoms with van der Waals surface area (Å²) in [5.74, 6) is 1.84. The number of rotatable bonds is 4. The Kier molecular flexibility index (Phi) is 4.62. The fraction of sp³-hybridized carbons (Fsp3) is 0.667. The molecule has 2 aliphatic rings. The highest BCUT2D eigenvalue weighted by atomic mass is 16.5. The molecule has 1 saturated carbocycles. The molecule has 20 heavy (non-hydrogen) atoms. The Morgan fingerprint density at radius 1 is 1.15 bits per heavy atom. The Hall–Kier alpha value is -1.02. The van der Waals surface area contributed by atoms with Gasteiger partial charge in [0, 0.05) is 12.5 Å². The molecule has 1 aliphatic heterocycles. The van der Waals surface area contributed by atoms with Gasteiger partial charge >= 0.3 is 0 Å². The van der Waals surface area contributed by atoms with Gasteiger partial charge in [-0.2, -0.15) is 0 Å². The summed E-state index contributed by atoms with van der Waals surface area (Å²) in [6, 6.07) is 7.05. The summed E-state index contributed by atoms with van der Waals surface area (Å²) in [4.78, 5) is 0. The van der Waals surface area contributed by atoms with Crippen molar-refractivity contribution in [1.82, 2.24) is 0 Å². The molecule has 1 fully saturated rings. The van der Waals surface area contributed by atoms with Gasteiger partial charge in [-0.05, 0) is 48.8 Å². The number of hydrogen-bond acceptors (Lipinski definition) is 2. The molecule has 1 aromatic rings. The third-order valence-corrected chi connectivity index (χ3v) is 5.03. The molecule has 2 heteroatoms. The summed E-state index contributed by atoms with van der Waals surface area (Å²) < 4.78 is 5.56. The van der Waals surface area contributed by atoms with Crippen LogP contribution in [0.15, 0.2) is 18.2 Å². The molecule has 1 unspecified atom stereocenters. The SMILES string of the molecule is NC(CCc1ccc2c(c1)CCO2)C1CCCCCC1. The molecule has 110 valence electrons. The predicted octanol–water partition coefficient (Wildman–Crippen LogP) is 3.85. The molecule has 0 saturated heterocycles. The van der Waals surface area contributed by atoms with Crippen LogP contribution in [0.2, 0.25) is 0 Å². The van der Waals surface area contributed by atoms with Crippen LogP contribution in [-0.4, -0.2) is 12.6 Å². The minimum absolute atomic E-state index is 0.387. The topological polar surface area (TPSA) is 35.2 Å². The maximum absolute atomic E-state index is 6.45. The second-order valence-electron chi connectivity index (χ2n) is 6.49. The lowest BCUT2D eigenvalue weighted by Gasteiger charge is -2.22. The lowest BCUT2D eigenvalue weighted by atomic mass is 9.88. The highest BCUT2D eigenvalue weighted by molar-refractivity contribution is 5.39. The summed E-state index contributed by atoms with van der Waals surface area (Å²) in [7, 11) is 0. The van der Waals surface area contributed by atoms with E-state index in [1.807, 2.05) is 0 Å². The van der Waals surface area contributed by atoms with Gasteiger partial charge in [0.25, 0.3) is 0 Å². The Balaban J connectivity index is 1.53. The predicted molar refractivity (Wildman–Crippen MR) is 83.1 cm³/mol. The molecule has 0 radical (unpaired) electrons. The molecule has 2 N–H and O–H groups in total. The van der Waals surface area contributed by atoms with Gasteiger partial charge < -0.3 is 10.5 Å². The van der Waals surface area contributed by atoms with Crippen LogP contribution in [0.25, 0.3) is 0 Å². The molecule has 0 bridgehead atoms. The van der Waals surface area contributed by atoms with Gasteiger partial charge in [-0.25, -0.2) is 0 Å². The second kappa shape index (κ2) is 6.62. The number of fused-ring (bicyclic) bond motifs is 1. The lowest BCUT2D eigenvalue weighted by Crippen LogP contribution is -2.30. The van der Waals surface area contributed by atoms with Crippen LogP contribution in [0.4, 0.5) is 0 Å². The molecule has 0 amide bonds. The average molecular weight is 273 g/mol. The van der Waals surface area contributed by atoms with Gasteiger partial charge in [-0.3, -0.25) is 0 Å². The molecule has 0 aromatic heterocycles. The van der Waals surface area contributed by atoms with E-state index in [0.717, 1.165) is 37.5 Å². The van der Waals surface area contributed by atoms with Gasteiger partial charge in [0.2, 0.25) is 0 Å². The van der Waals surface area contributed by atoms with Crippen LogP contribution in [0, 0.1) is 5.92 Å². The van der Waals surface area contributed by atoms with Crippen LogP contribution in [0.5, 0.6) is 5.75 Å². The molecule has 3 rings (SSSR count). The zero-order valence-electron chi connectivity index (χ0n) is 12.4. The maximum Gasteiger partial charge on any atom is 0.122 e. The van der Waals surface area contributed by atoms with Crippen LogP contribution < -0.4 is 10.5 Å². The molecule has 0 spiro atoms. The van der Waals surface area contributed by atoms with E-state index >= 15 is 0 Å². The van der Waals surface area contributed by atoms with Crippen molar-refractivity contribution in [3.8, 4) is 5.75 Å². The first-order valence-corrected chi connectivity index (χ1v) is 8.33. The number of hydrogen-bond donors (Lipinski definition) is 1. The maximum atomic E-state index is 6.45. The van der Waals surface area contributed by atoms with Crippen molar-refractivity contribution in [2.24, 2.45) is 11.7 Å². The fourth-order valence-electron chi connectivity index (χ4n) is 3.70. The smallest absolute Gasteiger partial charge is 0.122 e. The summed E-state index contributed by atoms with van der Waals surface area (Å²) in [5.41, 5.74) is 9.26. The number of nitrogens with two attached hydrogens (primary N) is 1. The summed E-state index contributed by atoms with van der Waals surface area (Å²) in [6.07, 6.45) is 11.6. The van der Waals surface area contributed by atoms with Crippen molar-refractivity contribution in [3.05, 3.63) is 29.3 Å². The second-order valence-corrected chi connectivity index (χ2v) is 6.49. The van der Waals surface area contributed by atoms with E-state index in [9.17, 15) is 0 Å². The molecule has 1 aliphatic carbocycles. The van der Waals surface area contributed by atoms with Crippen molar-refractivity contribution in [2.45, 2.75) is 63.8 Å². The van der Waals surface area contributed by atoms with E-state index in [2.05, 4.69) is 18.2 Å². The van der Waals surface area contributed by atoms with E-state index in [0.29, 0.717) is 6.04 Å². The van der Waals surface area contributed by atoms with E-state index in [-0.39, 0.29) is 0 Å². The quantitative estimate of drug-likeness (QED) is 0.846. The van der Waals surface area contributed by atoms with Crippen molar-refractivity contribution in [2.75, 3.05) is 6.61 Å². The summed E-state index contributed by atoms with van der Waals surface area (Å²) in [6.45, 7) is 0.848. The summed E-state index contributed by atoms with van der Waals surface area (Å²) >= 11 is 0. The normalized spacial score (nSPS) is 21.1. The summed E-state index contributed by atoms with van der Waals surface area (Å²) in [5, 5.41) is 0. The fourth-order valence-corrected chi connectivity index (χ4v) is 3.70. The van der Waals surface area contributed by atoms with Crippen LogP contribution in [0.3, 0.4) is 0 Å². The molecular weight excluding hydrogens is 246 g/mol. The number of aryl methyl sites for hydroxylation is 1. The van der Waals surface area contributed by atoms with Crippen LogP contribution in [0.1, 0.15) is 56.1 Å². The van der Waals surface area contributed by atoms with Crippen molar-refractivity contribution in [1.29, 1.82) is 0 Å². The third kappa shape index (κ3) is 3.35. The first-order valence-electron chi connectivity index (χ1n) is 8.33. The number of benzene rings is 1. The van der Waals surface area contributed by atoms with Gasteiger partial charge in [0.15, 0.2) is 0 Å². The molecule has 1 atom stereocenters. The zero-order chi connectivity index (χ0) is 13.8. The highest BCUT2D eigenvalue weighted by Crippen LogP contribution is 2.28. The largest absolute Gasteiger partial charge is 0.493 e. The van der Waals surface area contributed by atoms with Crippen LogP contribution >= 0.6 is 0 Å².